The number of ketones is 1. The fourth-order valence-corrected chi connectivity index (χ4v) is 3.11. The Morgan fingerprint density at radius 2 is 1.83 bits per heavy atom. The first kappa shape index (κ1) is 17.4. The van der Waals surface area contributed by atoms with Crippen molar-refractivity contribution < 1.29 is 9.35 Å². The highest BCUT2D eigenvalue weighted by atomic mass is 32.2. The highest BCUT2D eigenvalue weighted by Gasteiger charge is 2.23. The van der Waals surface area contributed by atoms with Gasteiger partial charge in [0.25, 0.3) is 0 Å². The number of hydrogen-bond donors (Lipinski definition) is 0. The van der Waals surface area contributed by atoms with Gasteiger partial charge in [-0.25, -0.2) is 0 Å². The van der Waals surface area contributed by atoms with Gasteiger partial charge < -0.3 is 4.55 Å². The second-order valence-electron chi connectivity index (χ2n) is 5.32. The van der Waals surface area contributed by atoms with Crippen LogP contribution in [0.4, 0.5) is 0 Å². The van der Waals surface area contributed by atoms with Gasteiger partial charge in [-0.1, -0.05) is 49.4 Å². The van der Waals surface area contributed by atoms with Gasteiger partial charge in [-0.05, 0) is 35.3 Å². The second-order valence-corrected chi connectivity index (χ2v) is 6.67. The number of rotatable bonds is 7. The lowest BCUT2D eigenvalue weighted by molar-refractivity contribution is 0.0918. The van der Waals surface area contributed by atoms with Gasteiger partial charge in [0.2, 0.25) is 0 Å². The normalized spacial score (nSPS) is 13.9. The molecule has 23 heavy (non-hydrogen) atoms. The Morgan fingerprint density at radius 1 is 1.17 bits per heavy atom. The summed E-state index contributed by atoms with van der Waals surface area (Å²) in [4.78, 5) is 17.7. The average Bonchev–Trinajstić information content (AvgIpc) is 2.59. The minimum absolute atomic E-state index is 0.0171. The van der Waals surface area contributed by atoms with Gasteiger partial charge in [0.1, 0.15) is 6.26 Å². The lowest BCUT2D eigenvalue weighted by Gasteiger charge is -2.14. The SMILES string of the molecule is CCC(C/N=C/c1ccccc1)C(=O)c1ccccc1[S+](C)[O-]. The number of hydrogen-bond acceptors (Lipinski definition) is 3. The molecule has 0 radical (unpaired) electrons. The Balaban J connectivity index is 2.12. The van der Waals surface area contributed by atoms with E-state index in [9.17, 15) is 9.35 Å². The summed E-state index contributed by atoms with van der Waals surface area (Å²) in [6.45, 7) is 2.42. The number of benzene rings is 2. The first-order valence-corrected chi connectivity index (χ1v) is 9.20. The van der Waals surface area contributed by atoms with Crippen molar-refractivity contribution >= 4 is 23.2 Å². The predicted molar refractivity (Wildman–Crippen MR) is 95.8 cm³/mol. The first-order valence-electron chi connectivity index (χ1n) is 7.65. The Morgan fingerprint density at radius 3 is 2.48 bits per heavy atom. The van der Waals surface area contributed by atoms with Crippen LogP contribution in [-0.4, -0.2) is 29.4 Å². The van der Waals surface area contributed by atoms with Crippen molar-refractivity contribution in [2.24, 2.45) is 10.9 Å². The summed E-state index contributed by atoms with van der Waals surface area (Å²) in [6, 6.07) is 16.9. The van der Waals surface area contributed by atoms with Gasteiger partial charge in [0, 0.05) is 18.7 Å². The fraction of sp³-hybridized carbons (Fsp3) is 0.263. The van der Waals surface area contributed by atoms with E-state index in [2.05, 4.69) is 4.99 Å². The van der Waals surface area contributed by atoms with Gasteiger partial charge in [-0.3, -0.25) is 9.79 Å². The molecule has 0 aliphatic heterocycles. The smallest absolute Gasteiger partial charge is 0.172 e. The van der Waals surface area contributed by atoms with E-state index in [-0.39, 0.29) is 11.7 Å². The molecule has 0 aliphatic rings. The molecule has 0 N–H and O–H groups in total. The first-order chi connectivity index (χ1) is 11.1. The van der Waals surface area contributed by atoms with Gasteiger partial charge in [-0.15, -0.1) is 0 Å². The summed E-state index contributed by atoms with van der Waals surface area (Å²) in [7, 11) is 0. The third kappa shape index (κ3) is 4.78. The maximum atomic E-state index is 12.7. The van der Waals surface area contributed by atoms with Crippen molar-refractivity contribution in [1.82, 2.24) is 0 Å². The highest BCUT2D eigenvalue weighted by molar-refractivity contribution is 7.90. The van der Waals surface area contributed by atoms with E-state index >= 15 is 0 Å². The van der Waals surface area contributed by atoms with Crippen LogP contribution in [0.3, 0.4) is 0 Å². The molecule has 0 bridgehead atoms. The predicted octanol–water partition coefficient (Wildman–Crippen LogP) is 3.75. The van der Waals surface area contributed by atoms with Crippen LogP contribution in [0.25, 0.3) is 0 Å². The van der Waals surface area contributed by atoms with E-state index in [0.717, 1.165) is 5.56 Å². The zero-order valence-electron chi connectivity index (χ0n) is 13.4. The van der Waals surface area contributed by atoms with E-state index in [1.807, 2.05) is 49.4 Å². The molecule has 2 atom stereocenters. The summed E-state index contributed by atoms with van der Waals surface area (Å²) in [5.41, 5.74) is 1.57. The largest absolute Gasteiger partial charge is 0.612 e. The molecule has 0 fully saturated rings. The van der Waals surface area contributed by atoms with Crippen molar-refractivity contribution in [3.8, 4) is 0 Å². The van der Waals surface area contributed by atoms with Crippen molar-refractivity contribution in [3.05, 3.63) is 65.7 Å². The van der Waals surface area contributed by atoms with Gasteiger partial charge in [-0.2, -0.15) is 0 Å². The monoisotopic (exact) mass is 327 g/mol. The Bertz CT molecular complexity index is 668. The molecule has 2 unspecified atom stereocenters. The van der Waals surface area contributed by atoms with E-state index < -0.39 is 11.2 Å². The standard InChI is InChI=1S/C19H21NO2S/c1-3-16(14-20-13-15-9-5-4-6-10-15)19(21)17-11-7-8-12-18(17)23(2)22/h4-13,16H,3,14H2,1-2H3/b20-13+. The molecule has 0 spiro atoms. The Hall–Kier alpha value is -1.91. The van der Waals surface area contributed by atoms with Gasteiger partial charge in [0.05, 0.1) is 5.56 Å². The molecule has 0 saturated carbocycles. The number of nitrogens with zero attached hydrogens (tertiary/aromatic N) is 1. The van der Waals surface area contributed by atoms with E-state index in [0.29, 0.717) is 23.4 Å². The van der Waals surface area contributed by atoms with Crippen LogP contribution in [0.5, 0.6) is 0 Å². The molecular weight excluding hydrogens is 306 g/mol. The third-order valence-electron chi connectivity index (χ3n) is 3.69. The van der Waals surface area contributed by atoms with Crippen molar-refractivity contribution in [3.63, 3.8) is 0 Å². The molecule has 0 heterocycles. The number of carbonyl (C=O) groups excluding carboxylic acids is 1. The molecule has 0 amide bonds. The van der Waals surface area contributed by atoms with Crippen LogP contribution in [0.2, 0.25) is 0 Å². The zero-order chi connectivity index (χ0) is 16.7. The number of carbonyl (C=O) groups is 1. The van der Waals surface area contributed by atoms with Crippen molar-refractivity contribution in [1.29, 1.82) is 0 Å². The molecule has 3 nitrogen and oxygen atoms in total. The molecule has 0 aliphatic carbocycles. The summed E-state index contributed by atoms with van der Waals surface area (Å²) >= 11 is -1.17. The quantitative estimate of drug-likeness (QED) is 0.442. The topological polar surface area (TPSA) is 52.5 Å². The number of Topliss-reactive ketones (excluding diaryl/α,β-unsaturated/α-hetero) is 1. The van der Waals surface area contributed by atoms with E-state index in [4.69, 9.17) is 0 Å². The van der Waals surface area contributed by atoms with Crippen LogP contribution >= 0.6 is 0 Å². The number of aliphatic imine (C=N–C) groups is 1. The second kappa shape index (κ2) is 8.65. The van der Waals surface area contributed by atoms with Crippen molar-refractivity contribution in [2.45, 2.75) is 18.2 Å². The summed E-state index contributed by atoms with van der Waals surface area (Å²) in [5, 5.41) is 0. The van der Waals surface area contributed by atoms with Crippen LogP contribution < -0.4 is 0 Å². The lowest BCUT2D eigenvalue weighted by atomic mass is 9.95. The van der Waals surface area contributed by atoms with Crippen LogP contribution in [-0.2, 0) is 11.2 Å². The fourth-order valence-electron chi connectivity index (χ4n) is 2.36. The minimum atomic E-state index is -1.17. The molecule has 120 valence electrons. The Kier molecular flexibility index (Phi) is 6.56. The molecule has 2 rings (SSSR count). The Labute approximate surface area is 140 Å². The van der Waals surface area contributed by atoms with Crippen LogP contribution in [0, 0.1) is 5.92 Å². The summed E-state index contributed by atoms with van der Waals surface area (Å²) < 4.78 is 11.8. The maximum absolute atomic E-state index is 12.7. The third-order valence-corrected chi connectivity index (χ3v) is 4.67. The minimum Gasteiger partial charge on any atom is -0.612 e. The zero-order valence-corrected chi connectivity index (χ0v) is 14.3. The molecule has 2 aromatic rings. The molecule has 4 heteroatoms. The van der Waals surface area contributed by atoms with Gasteiger partial charge in [0.15, 0.2) is 10.7 Å². The highest BCUT2D eigenvalue weighted by Crippen LogP contribution is 2.21. The summed E-state index contributed by atoms with van der Waals surface area (Å²) in [6.07, 6.45) is 4.09. The van der Waals surface area contributed by atoms with Gasteiger partial charge >= 0.3 is 0 Å². The summed E-state index contributed by atoms with van der Waals surface area (Å²) in [5.74, 6) is -0.178. The molecular formula is C19H21NO2S. The van der Waals surface area contributed by atoms with E-state index in [1.165, 1.54) is 0 Å². The molecule has 2 aromatic carbocycles. The maximum Gasteiger partial charge on any atom is 0.172 e. The van der Waals surface area contributed by atoms with Crippen LogP contribution in [0.1, 0.15) is 29.3 Å². The van der Waals surface area contributed by atoms with Crippen molar-refractivity contribution in [2.75, 3.05) is 12.8 Å². The molecule has 0 aromatic heterocycles. The average molecular weight is 327 g/mol. The van der Waals surface area contributed by atoms with E-state index in [1.54, 1.807) is 24.6 Å². The lowest BCUT2D eigenvalue weighted by Crippen LogP contribution is -2.19. The van der Waals surface area contributed by atoms with Crippen LogP contribution in [0.15, 0.2) is 64.5 Å². The molecule has 0 saturated heterocycles.